The molecule has 0 aromatic carbocycles. The van der Waals surface area contributed by atoms with E-state index in [1.54, 1.807) is 0 Å². The summed E-state index contributed by atoms with van der Waals surface area (Å²) >= 11 is 0. The van der Waals surface area contributed by atoms with Gasteiger partial charge >= 0.3 is 6.09 Å². The first-order valence-corrected chi connectivity index (χ1v) is 4.77. The minimum Gasteiger partial charge on any atom is -0.447 e. The molecule has 0 bridgehead atoms. The lowest BCUT2D eigenvalue weighted by molar-refractivity contribution is 0.0911. The number of amides is 1. The van der Waals surface area contributed by atoms with E-state index >= 15 is 0 Å². The van der Waals surface area contributed by atoms with Crippen LogP contribution >= 0.6 is 0 Å². The predicted molar refractivity (Wildman–Crippen MR) is 50.4 cm³/mol. The summed E-state index contributed by atoms with van der Waals surface area (Å²) < 4.78 is 4.98. The fourth-order valence-electron chi connectivity index (χ4n) is 1.44. The van der Waals surface area contributed by atoms with Gasteiger partial charge in [-0.25, -0.2) is 4.79 Å². The van der Waals surface area contributed by atoms with Crippen LogP contribution < -0.4 is 11.1 Å². The van der Waals surface area contributed by atoms with E-state index < -0.39 is 0 Å². The normalized spacial score (nSPS) is 19.4. The summed E-state index contributed by atoms with van der Waals surface area (Å²) in [7, 11) is 0. The number of carbonyl (C=O) groups is 1. The van der Waals surface area contributed by atoms with Gasteiger partial charge in [-0.1, -0.05) is 0 Å². The van der Waals surface area contributed by atoms with Gasteiger partial charge in [-0.3, -0.25) is 0 Å². The Hall–Kier alpha value is -0.770. The van der Waals surface area contributed by atoms with Crippen molar-refractivity contribution in [3.05, 3.63) is 0 Å². The number of hydrogen-bond acceptors (Lipinski definition) is 3. The van der Waals surface area contributed by atoms with Crippen molar-refractivity contribution in [2.24, 2.45) is 5.73 Å². The van der Waals surface area contributed by atoms with Crippen LogP contribution in [-0.4, -0.2) is 24.3 Å². The molecule has 3 N–H and O–H groups in total. The Labute approximate surface area is 78.8 Å². The number of carbonyl (C=O) groups excluding carboxylic acids is 1. The van der Waals surface area contributed by atoms with Crippen molar-refractivity contribution in [1.82, 2.24) is 5.32 Å². The Balaban J connectivity index is 2.34. The van der Waals surface area contributed by atoms with E-state index in [4.69, 9.17) is 10.5 Å². The van der Waals surface area contributed by atoms with Crippen LogP contribution in [0, 0.1) is 0 Å². The number of alkyl carbamates (subject to hydrolysis) is 1. The lowest BCUT2D eigenvalue weighted by Gasteiger charge is -2.41. The van der Waals surface area contributed by atoms with E-state index in [1.807, 2.05) is 13.8 Å². The molecule has 0 radical (unpaired) electrons. The van der Waals surface area contributed by atoms with E-state index in [0.717, 1.165) is 19.3 Å². The van der Waals surface area contributed by atoms with Crippen LogP contribution in [-0.2, 0) is 4.74 Å². The molecule has 0 heterocycles. The van der Waals surface area contributed by atoms with Crippen LogP contribution in [0.4, 0.5) is 4.79 Å². The molecule has 1 fully saturated rings. The summed E-state index contributed by atoms with van der Waals surface area (Å²) in [6, 6.07) is 0. The molecule has 1 aliphatic carbocycles. The fourth-order valence-corrected chi connectivity index (χ4v) is 1.44. The summed E-state index contributed by atoms with van der Waals surface area (Å²) in [5.41, 5.74) is 5.40. The van der Waals surface area contributed by atoms with E-state index in [1.165, 1.54) is 0 Å². The molecule has 1 aliphatic rings. The highest BCUT2D eigenvalue weighted by Crippen LogP contribution is 2.30. The number of nitrogens with two attached hydrogens (primary N) is 1. The standard InChI is InChI=1S/C9H18N2O2/c1-7(2)13-8(12)11-9(6-10)4-3-5-9/h7H,3-6,10H2,1-2H3,(H,11,12). The smallest absolute Gasteiger partial charge is 0.407 e. The highest BCUT2D eigenvalue weighted by atomic mass is 16.6. The van der Waals surface area contributed by atoms with Gasteiger partial charge in [0, 0.05) is 6.54 Å². The molecule has 1 saturated carbocycles. The molecule has 0 atom stereocenters. The molecule has 0 saturated heterocycles. The first-order chi connectivity index (χ1) is 6.08. The maximum atomic E-state index is 11.2. The van der Waals surface area contributed by atoms with Gasteiger partial charge in [0.05, 0.1) is 11.6 Å². The van der Waals surface area contributed by atoms with Gasteiger partial charge in [0.25, 0.3) is 0 Å². The van der Waals surface area contributed by atoms with Gasteiger partial charge in [-0.05, 0) is 33.1 Å². The van der Waals surface area contributed by atoms with Crippen LogP contribution in [0.5, 0.6) is 0 Å². The van der Waals surface area contributed by atoms with Crippen LogP contribution in [0.2, 0.25) is 0 Å². The van der Waals surface area contributed by atoms with Gasteiger partial charge in [0.1, 0.15) is 0 Å². The molecule has 13 heavy (non-hydrogen) atoms. The first kappa shape index (κ1) is 10.3. The highest BCUT2D eigenvalue weighted by Gasteiger charge is 2.37. The third kappa shape index (κ3) is 2.59. The van der Waals surface area contributed by atoms with Crippen molar-refractivity contribution in [3.8, 4) is 0 Å². The average molecular weight is 186 g/mol. The van der Waals surface area contributed by atoms with Crippen LogP contribution in [0.15, 0.2) is 0 Å². The van der Waals surface area contributed by atoms with E-state index in [-0.39, 0.29) is 17.7 Å². The summed E-state index contributed by atoms with van der Waals surface area (Å²) in [5.74, 6) is 0. The molecule has 0 aromatic rings. The summed E-state index contributed by atoms with van der Waals surface area (Å²) in [6.45, 7) is 4.16. The van der Waals surface area contributed by atoms with Crippen LogP contribution in [0.25, 0.3) is 0 Å². The van der Waals surface area contributed by atoms with Gasteiger partial charge in [-0.2, -0.15) is 0 Å². The zero-order chi connectivity index (χ0) is 9.90. The molecule has 0 aromatic heterocycles. The molecule has 4 nitrogen and oxygen atoms in total. The zero-order valence-corrected chi connectivity index (χ0v) is 8.30. The Morgan fingerprint density at radius 1 is 1.62 bits per heavy atom. The maximum absolute atomic E-state index is 11.2. The minimum absolute atomic E-state index is 0.0742. The second-order valence-corrected chi connectivity index (χ2v) is 3.92. The van der Waals surface area contributed by atoms with E-state index in [0.29, 0.717) is 6.54 Å². The Morgan fingerprint density at radius 2 is 2.23 bits per heavy atom. The lowest BCUT2D eigenvalue weighted by atomic mass is 9.77. The van der Waals surface area contributed by atoms with Crippen LogP contribution in [0.1, 0.15) is 33.1 Å². The van der Waals surface area contributed by atoms with Gasteiger partial charge < -0.3 is 15.8 Å². The predicted octanol–water partition coefficient (Wildman–Crippen LogP) is 1.00. The molecule has 1 rings (SSSR count). The Kier molecular flexibility index (Phi) is 3.14. The number of hydrogen-bond donors (Lipinski definition) is 2. The van der Waals surface area contributed by atoms with E-state index in [2.05, 4.69) is 5.32 Å². The monoisotopic (exact) mass is 186 g/mol. The van der Waals surface area contributed by atoms with Crippen molar-refractivity contribution < 1.29 is 9.53 Å². The van der Waals surface area contributed by atoms with Gasteiger partial charge in [0.15, 0.2) is 0 Å². The third-order valence-corrected chi connectivity index (χ3v) is 2.41. The molecule has 0 spiro atoms. The van der Waals surface area contributed by atoms with Crippen molar-refractivity contribution in [2.75, 3.05) is 6.54 Å². The number of rotatable bonds is 3. The summed E-state index contributed by atoms with van der Waals surface area (Å²) in [6.07, 6.45) is 2.65. The summed E-state index contributed by atoms with van der Waals surface area (Å²) in [4.78, 5) is 11.2. The van der Waals surface area contributed by atoms with E-state index in [9.17, 15) is 4.79 Å². The number of nitrogens with one attached hydrogen (secondary N) is 1. The lowest BCUT2D eigenvalue weighted by Crippen LogP contribution is -2.58. The molecular weight excluding hydrogens is 168 g/mol. The fraction of sp³-hybridized carbons (Fsp3) is 0.889. The quantitative estimate of drug-likeness (QED) is 0.691. The largest absolute Gasteiger partial charge is 0.447 e. The first-order valence-electron chi connectivity index (χ1n) is 4.77. The SMILES string of the molecule is CC(C)OC(=O)NC1(CN)CCC1. The molecule has 0 unspecified atom stereocenters. The third-order valence-electron chi connectivity index (χ3n) is 2.41. The number of ether oxygens (including phenoxy) is 1. The topological polar surface area (TPSA) is 64.3 Å². The van der Waals surface area contributed by atoms with Crippen LogP contribution in [0.3, 0.4) is 0 Å². The molecular formula is C9H18N2O2. The second-order valence-electron chi connectivity index (χ2n) is 3.92. The minimum atomic E-state index is -0.347. The van der Waals surface area contributed by atoms with Gasteiger partial charge in [0.2, 0.25) is 0 Å². The Bertz CT molecular complexity index is 183. The highest BCUT2D eigenvalue weighted by molar-refractivity contribution is 5.68. The maximum Gasteiger partial charge on any atom is 0.407 e. The van der Waals surface area contributed by atoms with Crippen molar-refractivity contribution in [3.63, 3.8) is 0 Å². The zero-order valence-electron chi connectivity index (χ0n) is 8.30. The Morgan fingerprint density at radius 3 is 2.54 bits per heavy atom. The van der Waals surface area contributed by atoms with Crippen molar-refractivity contribution >= 4 is 6.09 Å². The molecule has 4 heteroatoms. The molecule has 76 valence electrons. The van der Waals surface area contributed by atoms with Crippen molar-refractivity contribution in [1.29, 1.82) is 0 Å². The average Bonchev–Trinajstić information content (AvgIpc) is 1.95. The molecule has 1 amide bonds. The van der Waals surface area contributed by atoms with Gasteiger partial charge in [-0.15, -0.1) is 0 Å². The van der Waals surface area contributed by atoms with Crippen molar-refractivity contribution in [2.45, 2.75) is 44.8 Å². The second kappa shape index (κ2) is 3.96. The molecule has 0 aliphatic heterocycles. The summed E-state index contributed by atoms with van der Waals surface area (Å²) in [5, 5.41) is 2.82.